The van der Waals surface area contributed by atoms with Gasteiger partial charge in [-0.1, -0.05) is 11.6 Å². The summed E-state index contributed by atoms with van der Waals surface area (Å²) in [5.41, 5.74) is 1.84. The quantitative estimate of drug-likeness (QED) is 0.477. The molecule has 0 aliphatic rings. The van der Waals surface area contributed by atoms with Gasteiger partial charge in [-0.15, -0.1) is 0 Å². The summed E-state index contributed by atoms with van der Waals surface area (Å²) < 4.78 is 41.0. The SMILES string of the molecule is CCN(CC)C(=O)c1cnc([C@@H](C)NC(=O)N(CC)NC(=O)c2cc(F)cc(C(C)(F)F)c2)c(Cl)c1. The zero-order valence-corrected chi connectivity index (χ0v) is 21.4. The lowest BCUT2D eigenvalue weighted by Gasteiger charge is -2.25. The van der Waals surface area contributed by atoms with E-state index in [0.29, 0.717) is 37.3 Å². The number of alkyl halides is 2. The molecule has 0 bridgehead atoms. The monoisotopic (exact) mass is 527 g/mol. The number of hydrogen-bond acceptors (Lipinski definition) is 4. The highest BCUT2D eigenvalue weighted by Crippen LogP contribution is 2.28. The van der Waals surface area contributed by atoms with Crippen LogP contribution in [0.15, 0.2) is 30.5 Å². The molecule has 36 heavy (non-hydrogen) atoms. The van der Waals surface area contributed by atoms with Crippen LogP contribution in [0.2, 0.25) is 5.02 Å². The highest BCUT2D eigenvalue weighted by atomic mass is 35.5. The van der Waals surface area contributed by atoms with Gasteiger partial charge in [-0.2, -0.15) is 0 Å². The van der Waals surface area contributed by atoms with E-state index in [0.717, 1.165) is 17.1 Å². The van der Waals surface area contributed by atoms with Gasteiger partial charge >= 0.3 is 6.03 Å². The molecule has 0 unspecified atom stereocenters. The van der Waals surface area contributed by atoms with Crippen LogP contribution in [0.1, 0.15) is 72.6 Å². The predicted octanol–water partition coefficient (Wildman–Crippen LogP) is 4.91. The summed E-state index contributed by atoms with van der Waals surface area (Å²) in [6, 6.07) is 2.31. The summed E-state index contributed by atoms with van der Waals surface area (Å²) in [5.74, 6) is -5.53. The van der Waals surface area contributed by atoms with Crippen LogP contribution < -0.4 is 10.7 Å². The minimum Gasteiger partial charge on any atom is -0.339 e. The van der Waals surface area contributed by atoms with Crippen LogP contribution in [-0.4, -0.2) is 52.4 Å². The summed E-state index contributed by atoms with van der Waals surface area (Å²) in [7, 11) is 0. The van der Waals surface area contributed by atoms with E-state index in [1.54, 1.807) is 18.7 Å². The molecule has 1 aromatic carbocycles. The zero-order chi connectivity index (χ0) is 27.2. The van der Waals surface area contributed by atoms with E-state index >= 15 is 0 Å². The van der Waals surface area contributed by atoms with Gasteiger partial charge < -0.3 is 10.2 Å². The van der Waals surface area contributed by atoms with Crippen molar-refractivity contribution in [1.29, 1.82) is 0 Å². The van der Waals surface area contributed by atoms with Gasteiger partial charge in [0, 0.05) is 43.9 Å². The summed E-state index contributed by atoms with van der Waals surface area (Å²) in [6.07, 6.45) is 1.37. The third kappa shape index (κ3) is 7.09. The second-order valence-corrected chi connectivity index (χ2v) is 8.45. The first-order chi connectivity index (χ1) is 16.8. The smallest absolute Gasteiger partial charge is 0.336 e. The van der Waals surface area contributed by atoms with E-state index in [1.165, 1.54) is 12.3 Å². The van der Waals surface area contributed by atoms with Crippen LogP contribution in [-0.2, 0) is 5.92 Å². The Morgan fingerprint density at radius 2 is 1.69 bits per heavy atom. The molecule has 4 amide bonds. The van der Waals surface area contributed by atoms with Crippen LogP contribution in [0.4, 0.5) is 18.0 Å². The van der Waals surface area contributed by atoms with Crippen molar-refractivity contribution >= 4 is 29.4 Å². The Hall–Kier alpha value is -3.34. The van der Waals surface area contributed by atoms with Crippen molar-refractivity contribution in [1.82, 2.24) is 25.6 Å². The van der Waals surface area contributed by atoms with Crippen molar-refractivity contribution in [3.63, 3.8) is 0 Å². The Balaban J connectivity index is 2.14. The molecule has 0 fully saturated rings. The molecular weight excluding hydrogens is 499 g/mol. The second-order valence-electron chi connectivity index (χ2n) is 8.04. The Labute approximate surface area is 212 Å². The fraction of sp³-hybridized carbons (Fsp3) is 0.417. The molecule has 2 aromatic rings. The maximum Gasteiger partial charge on any atom is 0.336 e. The molecule has 0 saturated heterocycles. The maximum atomic E-state index is 13.8. The third-order valence-electron chi connectivity index (χ3n) is 5.38. The van der Waals surface area contributed by atoms with Crippen molar-refractivity contribution in [3.8, 4) is 0 Å². The van der Waals surface area contributed by atoms with Crippen molar-refractivity contribution in [2.75, 3.05) is 19.6 Å². The number of carbonyl (C=O) groups excluding carboxylic acids is 3. The minimum atomic E-state index is -3.35. The van der Waals surface area contributed by atoms with Crippen molar-refractivity contribution in [2.24, 2.45) is 0 Å². The molecule has 0 aliphatic carbocycles. The number of pyridine rings is 1. The molecular formula is C24H29ClF3N5O3. The first-order valence-electron chi connectivity index (χ1n) is 11.3. The van der Waals surface area contributed by atoms with Gasteiger partial charge in [0.15, 0.2) is 0 Å². The molecule has 0 radical (unpaired) electrons. The molecule has 0 spiro atoms. The third-order valence-corrected chi connectivity index (χ3v) is 5.68. The first-order valence-corrected chi connectivity index (χ1v) is 11.7. The molecule has 1 aromatic heterocycles. The van der Waals surface area contributed by atoms with Crippen LogP contribution in [0.25, 0.3) is 0 Å². The van der Waals surface area contributed by atoms with Crippen LogP contribution in [0.3, 0.4) is 0 Å². The number of rotatable bonds is 8. The molecule has 8 nitrogen and oxygen atoms in total. The van der Waals surface area contributed by atoms with E-state index in [9.17, 15) is 27.6 Å². The number of halogens is 4. The Morgan fingerprint density at radius 1 is 1.06 bits per heavy atom. The van der Waals surface area contributed by atoms with E-state index in [1.807, 2.05) is 13.8 Å². The van der Waals surface area contributed by atoms with Crippen molar-refractivity contribution in [3.05, 3.63) is 63.7 Å². The Kier molecular flexibility index (Phi) is 9.69. The maximum absolute atomic E-state index is 13.8. The highest BCUT2D eigenvalue weighted by Gasteiger charge is 2.27. The van der Waals surface area contributed by atoms with Gasteiger partial charge in [0.25, 0.3) is 17.7 Å². The van der Waals surface area contributed by atoms with Crippen LogP contribution >= 0.6 is 11.6 Å². The lowest BCUT2D eigenvalue weighted by atomic mass is 10.1. The van der Waals surface area contributed by atoms with Crippen molar-refractivity contribution < 1.29 is 27.6 Å². The lowest BCUT2D eigenvalue weighted by molar-refractivity contribution is 0.0171. The molecule has 2 N–H and O–H groups in total. The standard InChI is InChI=1S/C24H29ClF3N5O3/c1-6-32(7-2)22(35)16-11-19(25)20(29-13-16)14(4)30-23(36)33(8-3)31-21(34)15-9-17(24(5,27)28)12-18(26)10-15/h9-14H,6-8H2,1-5H3,(H,30,36)(H,31,34)/t14-/m1/s1. The second kappa shape index (κ2) is 12.1. The van der Waals surface area contributed by atoms with E-state index in [4.69, 9.17) is 11.6 Å². The molecule has 1 atom stereocenters. The van der Waals surface area contributed by atoms with Gasteiger partial charge in [-0.25, -0.2) is 23.0 Å². The summed E-state index contributed by atoms with van der Waals surface area (Å²) in [4.78, 5) is 43.6. The van der Waals surface area contributed by atoms with Gasteiger partial charge in [0.1, 0.15) is 5.82 Å². The largest absolute Gasteiger partial charge is 0.339 e. The number of nitrogens with one attached hydrogen (secondary N) is 2. The van der Waals surface area contributed by atoms with Crippen LogP contribution in [0.5, 0.6) is 0 Å². The van der Waals surface area contributed by atoms with Gasteiger partial charge in [-0.3, -0.25) is 20.0 Å². The number of aromatic nitrogens is 1. The van der Waals surface area contributed by atoms with Gasteiger partial charge in [0.05, 0.1) is 22.3 Å². The minimum absolute atomic E-state index is 0.00880. The molecule has 12 heteroatoms. The fourth-order valence-electron chi connectivity index (χ4n) is 3.34. The number of urea groups is 1. The number of amides is 4. The molecule has 2 rings (SSSR count). The number of hydrogen-bond donors (Lipinski definition) is 2. The average Bonchev–Trinajstić information content (AvgIpc) is 2.81. The molecule has 0 saturated carbocycles. The summed E-state index contributed by atoms with van der Waals surface area (Å²) in [5, 5.41) is 3.69. The normalized spacial score (nSPS) is 12.0. The molecule has 1 heterocycles. The van der Waals surface area contributed by atoms with Gasteiger partial charge in [0.2, 0.25) is 0 Å². The Bertz CT molecular complexity index is 1120. The number of hydrazine groups is 1. The Morgan fingerprint density at radius 3 is 2.22 bits per heavy atom. The average molecular weight is 528 g/mol. The topological polar surface area (TPSA) is 94.6 Å². The predicted molar refractivity (Wildman–Crippen MR) is 129 cm³/mol. The summed E-state index contributed by atoms with van der Waals surface area (Å²) >= 11 is 6.32. The zero-order valence-electron chi connectivity index (χ0n) is 20.7. The summed E-state index contributed by atoms with van der Waals surface area (Å²) in [6.45, 7) is 8.53. The number of nitrogens with zero attached hydrogens (tertiary/aromatic N) is 3. The molecule has 196 valence electrons. The van der Waals surface area contributed by atoms with E-state index < -0.39 is 35.3 Å². The van der Waals surface area contributed by atoms with Gasteiger partial charge in [-0.05, 0) is 52.0 Å². The van der Waals surface area contributed by atoms with E-state index in [-0.39, 0.29) is 23.0 Å². The molecule has 0 aliphatic heterocycles. The number of carbonyl (C=O) groups is 3. The highest BCUT2D eigenvalue weighted by molar-refractivity contribution is 6.31. The number of benzene rings is 1. The van der Waals surface area contributed by atoms with Crippen molar-refractivity contribution in [2.45, 2.75) is 46.6 Å². The fourth-order valence-corrected chi connectivity index (χ4v) is 3.67. The van der Waals surface area contributed by atoms with Crippen LogP contribution in [0, 0.1) is 5.82 Å². The lowest BCUT2D eigenvalue weighted by Crippen LogP contribution is -2.51. The van der Waals surface area contributed by atoms with E-state index in [2.05, 4.69) is 15.7 Å². The first kappa shape index (κ1) is 28.9.